The molecule has 0 radical (unpaired) electrons. The summed E-state index contributed by atoms with van der Waals surface area (Å²) < 4.78 is 26.4. The van der Waals surface area contributed by atoms with E-state index in [0.717, 1.165) is 12.8 Å². The topological polar surface area (TPSA) is 101 Å². The number of rotatable bonds is 8. The number of amides is 1. The van der Waals surface area contributed by atoms with E-state index in [0.29, 0.717) is 18.7 Å². The number of benzene rings is 1. The Morgan fingerprint density at radius 3 is 2.22 bits per heavy atom. The van der Waals surface area contributed by atoms with Gasteiger partial charge in [-0.25, -0.2) is 13.1 Å². The second-order valence-electron chi connectivity index (χ2n) is 5.54. The predicted molar refractivity (Wildman–Crippen MR) is 95.3 cm³/mol. The van der Waals surface area contributed by atoms with E-state index in [-0.39, 0.29) is 23.2 Å². The maximum Gasteiger partial charge on any atom is 0.244 e. The highest BCUT2D eigenvalue weighted by atomic mass is 35.5. The Bertz CT molecular complexity index is 601. The summed E-state index contributed by atoms with van der Waals surface area (Å²) in [7, 11) is -3.49. The van der Waals surface area contributed by atoms with Crippen LogP contribution in [-0.2, 0) is 14.8 Å². The summed E-state index contributed by atoms with van der Waals surface area (Å²) in [5.41, 5.74) is 5.53. The third kappa shape index (κ3) is 6.47. The van der Waals surface area contributed by atoms with Crippen LogP contribution in [0, 0.1) is 0 Å². The first-order chi connectivity index (χ1) is 10.2. The molecule has 1 unspecified atom stereocenters. The lowest BCUT2D eigenvalue weighted by Crippen LogP contribution is -2.48. The molecule has 1 aromatic rings. The van der Waals surface area contributed by atoms with E-state index in [2.05, 4.69) is 10.0 Å². The Morgan fingerprint density at radius 1 is 1.17 bits per heavy atom. The number of nitrogens with one attached hydrogen (secondary N) is 2. The van der Waals surface area contributed by atoms with Gasteiger partial charge in [0, 0.05) is 12.2 Å². The van der Waals surface area contributed by atoms with Crippen LogP contribution in [0.4, 0.5) is 5.69 Å². The third-order valence-electron chi connectivity index (χ3n) is 3.25. The van der Waals surface area contributed by atoms with Gasteiger partial charge < -0.3 is 11.1 Å². The van der Waals surface area contributed by atoms with Crippen LogP contribution in [-0.4, -0.2) is 26.4 Å². The Hall–Kier alpha value is -1.15. The number of hydrogen-bond acceptors (Lipinski definition) is 4. The summed E-state index contributed by atoms with van der Waals surface area (Å²) in [6, 6.07) is 6.03. The number of hydrogen-bond donors (Lipinski definition) is 3. The second kappa shape index (κ2) is 9.22. The van der Waals surface area contributed by atoms with E-state index in [1.54, 1.807) is 19.1 Å². The molecule has 0 bridgehead atoms. The van der Waals surface area contributed by atoms with Crippen molar-refractivity contribution in [1.82, 2.24) is 4.72 Å². The van der Waals surface area contributed by atoms with Crippen LogP contribution in [0.1, 0.15) is 40.0 Å². The van der Waals surface area contributed by atoms with Gasteiger partial charge in [-0.1, -0.05) is 20.3 Å². The van der Waals surface area contributed by atoms with Crippen molar-refractivity contribution in [1.29, 1.82) is 0 Å². The van der Waals surface area contributed by atoms with E-state index >= 15 is 0 Å². The molecule has 0 fully saturated rings. The lowest BCUT2D eigenvalue weighted by molar-refractivity contribution is -0.120. The molecule has 1 aromatic carbocycles. The molecule has 8 heteroatoms. The first-order valence-electron chi connectivity index (χ1n) is 7.43. The number of carbonyl (C=O) groups excluding carboxylic acids is 1. The van der Waals surface area contributed by atoms with Crippen LogP contribution in [0.3, 0.4) is 0 Å². The molecule has 0 saturated heterocycles. The Balaban J connectivity index is 0.00000484. The number of nitrogens with two attached hydrogens (primary N) is 1. The molecule has 0 aromatic heterocycles. The first-order valence-corrected chi connectivity index (χ1v) is 8.91. The van der Waals surface area contributed by atoms with Gasteiger partial charge in [0.15, 0.2) is 0 Å². The molecule has 23 heavy (non-hydrogen) atoms. The SMILES string of the molecule is CCCNS(=O)(=O)c1ccc(NC(=O)C(C)(N)CCC)cc1.Cl. The lowest BCUT2D eigenvalue weighted by Gasteiger charge is -2.22. The molecular weight excluding hydrogens is 338 g/mol. The van der Waals surface area contributed by atoms with Gasteiger partial charge in [-0.2, -0.15) is 0 Å². The van der Waals surface area contributed by atoms with Gasteiger partial charge in [0.05, 0.1) is 10.4 Å². The van der Waals surface area contributed by atoms with Gasteiger partial charge in [-0.3, -0.25) is 4.79 Å². The average Bonchev–Trinajstić information content (AvgIpc) is 2.45. The molecule has 6 nitrogen and oxygen atoms in total. The zero-order chi connectivity index (χ0) is 16.8. The Labute approximate surface area is 144 Å². The summed E-state index contributed by atoms with van der Waals surface area (Å²) in [5, 5.41) is 2.71. The highest BCUT2D eigenvalue weighted by molar-refractivity contribution is 7.89. The van der Waals surface area contributed by atoms with Crippen LogP contribution in [0.5, 0.6) is 0 Å². The molecule has 132 valence electrons. The monoisotopic (exact) mass is 363 g/mol. The van der Waals surface area contributed by atoms with Crippen LogP contribution in [0.2, 0.25) is 0 Å². The molecule has 0 saturated carbocycles. The van der Waals surface area contributed by atoms with Crippen LogP contribution < -0.4 is 15.8 Å². The van der Waals surface area contributed by atoms with Crippen LogP contribution in [0.25, 0.3) is 0 Å². The molecule has 1 atom stereocenters. The van der Waals surface area contributed by atoms with E-state index in [1.165, 1.54) is 12.1 Å². The highest BCUT2D eigenvalue weighted by Gasteiger charge is 2.27. The normalized spacial score (nSPS) is 13.7. The summed E-state index contributed by atoms with van der Waals surface area (Å²) in [6.45, 7) is 5.92. The number of carbonyl (C=O) groups is 1. The molecule has 0 heterocycles. The fourth-order valence-corrected chi connectivity index (χ4v) is 3.08. The van der Waals surface area contributed by atoms with Gasteiger partial charge in [-0.05, 0) is 44.0 Å². The van der Waals surface area contributed by atoms with E-state index in [1.807, 2.05) is 13.8 Å². The lowest BCUT2D eigenvalue weighted by atomic mass is 9.96. The molecule has 0 spiro atoms. The van der Waals surface area contributed by atoms with Crippen molar-refractivity contribution in [2.24, 2.45) is 5.73 Å². The van der Waals surface area contributed by atoms with E-state index in [9.17, 15) is 13.2 Å². The van der Waals surface area contributed by atoms with Crippen molar-refractivity contribution in [2.75, 3.05) is 11.9 Å². The summed E-state index contributed by atoms with van der Waals surface area (Å²) in [4.78, 5) is 12.3. The number of anilines is 1. The fraction of sp³-hybridized carbons (Fsp3) is 0.533. The Morgan fingerprint density at radius 2 is 1.74 bits per heavy atom. The van der Waals surface area contributed by atoms with Gasteiger partial charge in [-0.15, -0.1) is 12.4 Å². The van der Waals surface area contributed by atoms with Gasteiger partial charge in [0.25, 0.3) is 0 Å². The zero-order valence-electron chi connectivity index (χ0n) is 13.8. The van der Waals surface area contributed by atoms with E-state index < -0.39 is 15.6 Å². The van der Waals surface area contributed by atoms with E-state index in [4.69, 9.17) is 5.73 Å². The van der Waals surface area contributed by atoms with Crippen molar-refractivity contribution < 1.29 is 13.2 Å². The van der Waals surface area contributed by atoms with Crippen LogP contribution >= 0.6 is 12.4 Å². The first kappa shape index (κ1) is 21.9. The molecule has 1 amide bonds. The second-order valence-corrected chi connectivity index (χ2v) is 7.31. The molecular formula is C15H26ClN3O3S. The molecule has 0 aliphatic heterocycles. The van der Waals surface area contributed by atoms with Crippen molar-refractivity contribution in [3.8, 4) is 0 Å². The number of sulfonamides is 1. The summed E-state index contributed by atoms with van der Waals surface area (Å²) in [6.07, 6.45) is 2.10. The molecule has 0 aliphatic carbocycles. The van der Waals surface area contributed by atoms with Crippen molar-refractivity contribution >= 4 is 34.0 Å². The maximum absolute atomic E-state index is 12.1. The quantitative estimate of drug-likeness (QED) is 0.659. The average molecular weight is 364 g/mol. The summed E-state index contributed by atoms with van der Waals surface area (Å²) in [5.74, 6) is -0.283. The maximum atomic E-state index is 12.1. The van der Waals surface area contributed by atoms with Gasteiger partial charge >= 0.3 is 0 Å². The van der Waals surface area contributed by atoms with Crippen LogP contribution in [0.15, 0.2) is 29.2 Å². The third-order valence-corrected chi connectivity index (χ3v) is 4.73. The number of halogens is 1. The largest absolute Gasteiger partial charge is 0.325 e. The van der Waals surface area contributed by atoms with Gasteiger partial charge in [0.2, 0.25) is 15.9 Å². The predicted octanol–water partition coefficient (Wildman–Crippen LogP) is 2.25. The minimum atomic E-state index is -3.49. The smallest absolute Gasteiger partial charge is 0.244 e. The molecule has 4 N–H and O–H groups in total. The summed E-state index contributed by atoms with van der Waals surface area (Å²) >= 11 is 0. The highest BCUT2D eigenvalue weighted by Crippen LogP contribution is 2.17. The zero-order valence-corrected chi connectivity index (χ0v) is 15.4. The minimum absolute atomic E-state index is 0. The minimum Gasteiger partial charge on any atom is -0.325 e. The van der Waals surface area contributed by atoms with Crippen molar-refractivity contribution in [2.45, 2.75) is 50.5 Å². The fourth-order valence-electron chi connectivity index (χ4n) is 1.94. The van der Waals surface area contributed by atoms with Gasteiger partial charge in [0.1, 0.15) is 0 Å². The van der Waals surface area contributed by atoms with Crippen molar-refractivity contribution in [3.05, 3.63) is 24.3 Å². The molecule has 1 rings (SSSR count). The molecule has 0 aliphatic rings. The van der Waals surface area contributed by atoms with Crippen molar-refractivity contribution in [3.63, 3.8) is 0 Å². The standard InChI is InChI=1S/C15H25N3O3S.ClH/c1-4-10-15(3,16)14(19)18-12-6-8-13(9-7-12)22(20,21)17-11-5-2;/h6-9,17H,4-5,10-11,16H2,1-3H3,(H,18,19);1H. The Kier molecular flexibility index (Phi) is 8.76.